The third kappa shape index (κ3) is 1.93. The Hall–Kier alpha value is 0. The van der Waals surface area contributed by atoms with Crippen LogP contribution < -0.4 is 0 Å². The minimum Gasteiger partial charge on any atom is -0.0596 e. The van der Waals surface area contributed by atoms with E-state index < -0.39 is 0 Å². The van der Waals surface area contributed by atoms with E-state index in [0.717, 1.165) is 29.1 Å². The minimum atomic E-state index is 0.606. The summed E-state index contributed by atoms with van der Waals surface area (Å²) in [4.78, 5) is 0. The van der Waals surface area contributed by atoms with Gasteiger partial charge in [-0.25, -0.2) is 0 Å². The van der Waals surface area contributed by atoms with Crippen molar-refractivity contribution >= 4 is 0 Å². The molecule has 4 rings (SSSR count). The first-order chi connectivity index (χ1) is 9.87. The number of hydrogen-bond donors (Lipinski definition) is 0. The van der Waals surface area contributed by atoms with Crippen molar-refractivity contribution in [3.8, 4) is 0 Å². The summed E-state index contributed by atoms with van der Waals surface area (Å²) >= 11 is 0. The van der Waals surface area contributed by atoms with E-state index >= 15 is 0 Å². The maximum absolute atomic E-state index is 2.72. The van der Waals surface area contributed by atoms with Crippen LogP contribution in [0.15, 0.2) is 0 Å². The number of fused-ring (bicyclic) bond motifs is 5. The SMILES string of the molecule is CC1(C)CCC[C@]2(C)[C@H]3CC[C@]4(C)CCC[C@H]4[C@@H]3CC[C@@H]12. The Morgan fingerprint density at radius 2 is 1.48 bits per heavy atom. The summed E-state index contributed by atoms with van der Waals surface area (Å²) in [7, 11) is 0. The van der Waals surface area contributed by atoms with Crippen LogP contribution in [0.1, 0.15) is 91.9 Å². The molecule has 4 aliphatic carbocycles. The van der Waals surface area contributed by atoms with Crippen LogP contribution in [0.25, 0.3) is 0 Å². The van der Waals surface area contributed by atoms with Gasteiger partial charge < -0.3 is 0 Å². The van der Waals surface area contributed by atoms with Crippen molar-refractivity contribution in [2.24, 2.45) is 39.9 Å². The zero-order valence-electron chi connectivity index (χ0n) is 14.9. The van der Waals surface area contributed by atoms with Crippen LogP contribution in [0.4, 0.5) is 0 Å². The normalized spacial score (nSPS) is 55.4. The minimum absolute atomic E-state index is 0.606. The predicted molar refractivity (Wildman–Crippen MR) is 90.1 cm³/mol. The zero-order chi connectivity index (χ0) is 14.9. The van der Waals surface area contributed by atoms with Gasteiger partial charge in [0, 0.05) is 0 Å². The van der Waals surface area contributed by atoms with E-state index in [0.29, 0.717) is 10.8 Å². The van der Waals surface area contributed by atoms with Crippen LogP contribution in [0, 0.1) is 39.9 Å². The first kappa shape index (κ1) is 14.6. The summed E-state index contributed by atoms with van der Waals surface area (Å²) < 4.78 is 0. The topological polar surface area (TPSA) is 0 Å². The highest BCUT2D eigenvalue weighted by Gasteiger charge is 2.59. The monoisotopic (exact) mass is 288 g/mol. The lowest BCUT2D eigenvalue weighted by atomic mass is 9.42. The van der Waals surface area contributed by atoms with Gasteiger partial charge in [0.2, 0.25) is 0 Å². The molecule has 0 N–H and O–H groups in total. The van der Waals surface area contributed by atoms with Gasteiger partial charge >= 0.3 is 0 Å². The van der Waals surface area contributed by atoms with Crippen LogP contribution in [0.2, 0.25) is 0 Å². The van der Waals surface area contributed by atoms with Crippen molar-refractivity contribution in [3.63, 3.8) is 0 Å². The van der Waals surface area contributed by atoms with Crippen LogP contribution in [-0.4, -0.2) is 0 Å². The van der Waals surface area contributed by atoms with Gasteiger partial charge in [0.25, 0.3) is 0 Å². The maximum atomic E-state index is 2.72. The lowest BCUT2D eigenvalue weighted by Gasteiger charge is -2.63. The molecule has 0 radical (unpaired) electrons. The molecule has 4 aliphatic rings. The van der Waals surface area contributed by atoms with Crippen molar-refractivity contribution in [2.75, 3.05) is 0 Å². The molecule has 0 spiro atoms. The molecule has 0 aromatic heterocycles. The Morgan fingerprint density at radius 1 is 0.667 bits per heavy atom. The fourth-order valence-electron chi connectivity index (χ4n) is 8.19. The highest BCUT2D eigenvalue weighted by molar-refractivity contribution is 5.09. The fraction of sp³-hybridized carbons (Fsp3) is 1.00. The molecule has 0 heteroatoms. The second kappa shape index (κ2) is 4.51. The van der Waals surface area contributed by atoms with E-state index in [1.165, 1.54) is 38.5 Å². The molecule has 0 nitrogen and oxygen atoms in total. The molecular formula is C21H36. The van der Waals surface area contributed by atoms with Gasteiger partial charge in [0.1, 0.15) is 0 Å². The molecule has 0 heterocycles. The summed E-state index contributed by atoms with van der Waals surface area (Å²) in [6.07, 6.45) is 15.3. The second-order valence-corrected chi connectivity index (χ2v) is 10.4. The molecule has 21 heavy (non-hydrogen) atoms. The van der Waals surface area contributed by atoms with Crippen LogP contribution in [0.3, 0.4) is 0 Å². The van der Waals surface area contributed by atoms with E-state index in [9.17, 15) is 0 Å². The molecule has 4 saturated carbocycles. The van der Waals surface area contributed by atoms with Crippen LogP contribution >= 0.6 is 0 Å². The lowest BCUT2D eigenvalue weighted by molar-refractivity contribution is -0.140. The fourth-order valence-corrected chi connectivity index (χ4v) is 8.19. The lowest BCUT2D eigenvalue weighted by Crippen LogP contribution is -2.55. The summed E-state index contributed by atoms with van der Waals surface area (Å²) in [6, 6.07) is 0. The highest BCUT2D eigenvalue weighted by atomic mass is 14.6. The zero-order valence-corrected chi connectivity index (χ0v) is 14.9. The third-order valence-electron chi connectivity index (χ3n) is 9.13. The Morgan fingerprint density at radius 3 is 2.29 bits per heavy atom. The van der Waals surface area contributed by atoms with Gasteiger partial charge in [-0.2, -0.15) is 0 Å². The van der Waals surface area contributed by atoms with E-state index in [4.69, 9.17) is 0 Å². The Bertz CT molecular complexity index is 422. The van der Waals surface area contributed by atoms with Crippen LogP contribution in [0.5, 0.6) is 0 Å². The number of hydrogen-bond acceptors (Lipinski definition) is 0. The van der Waals surface area contributed by atoms with Crippen LogP contribution in [-0.2, 0) is 0 Å². The van der Waals surface area contributed by atoms with Gasteiger partial charge in [-0.15, -0.1) is 0 Å². The molecule has 0 bridgehead atoms. The molecular weight excluding hydrogens is 252 g/mol. The highest BCUT2D eigenvalue weighted by Crippen LogP contribution is 2.68. The van der Waals surface area contributed by atoms with E-state index in [1.54, 1.807) is 25.7 Å². The maximum Gasteiger partial charge on any atom is -0.0261 e. The van der Waals surface area contributed by atoms with Crippen molar-refractivity contribution in [2.45, 2.75) is 91.9 Å². The summed E-state index contributed by atoms with van der Waals surface area (Å²) in [5.74, 6) is 4.23. The van der Waals surface area contributed by atoms with Gasteiger partial charge in [0.15, 0.2) is 0 Å². The average Bonchev–Trinajstić information content (AvgIpc) is 2.79. The van der Waals surface area contributed by atoms with Crippen molar-refractivity contribution < 1.29 is 0 Å². The molecule has 0 amide bonds. The van der Waals surface area contributed by atoms with Crippen molar-refractivity contribution in [1.29, 1.82) is 0 Å². The van der Waals surface area contributed by atoms with Gasteiger partial charge in [0.05, 0.1) is 0 Å². The second-order valence-electron chi connectivity index (χ2n) is 10.4. The van der Waals surface area contributed by atoms with E-state index in [1.807, 2.05) is 0 Å². The quantitative estimate of drug-likeness (QED) is 0.481. The Kier molecular flexibility index (Phi) is 3.13. The molecule has 0 aromatic rings. The molecule has 4 fully saturated rings. The largest absolute Gasteiger partial charge is 0.0596 e. The predicted octanol–water partition coefficient (Wildman–Crippen LogP) is 6.45. The molecule has 0 aromatic carbocycles. The molecule has 0 saturated heterocycles. The molecule has 0 unspecified atom stereocenters. The van der Waals surface area contributed by atoms with Gasteiger partial charge in [-0.3, -0.25) is 0 Å². The first-order valence-corrected chi connectivity index (χ1v) is 9.87. The standard InChI is InChI=1S/C21H36/c1-19(2)11-6-13-21(4)17-10-14-20(3)12-5-7-16(20)15(17)8-9-18(19)21/h15-18H,5-14H2,1-4H3/t15-,16-,17-,18-,20-,21+/m0/s1. The average molecular weight is 289 g/mol. The first-order valence-electron chi connectivity index (χ1n) is 9.87. The third-order valence-corrected chi connectivity index (χ3v) is 9.13. The summed E-state index contributed by atoms with van der Waals surface area (Å²) in [5.41, 5.74) is 2.01. The summed E-state index contributed by atoms with van der Waals surface area (Å²) in [5, 5.41) is 0. The van der Waals surface area contributed by atoms with Gasteiger partial charge in [-0.1, -0.05) is 40.5 Å². The number of rotatable bonds is 0. The van der Waals surface area contributed by atoms with Crippen molar-refractivity contribution in [1.82, 2.24) is 0 Å². The smallest absolute Gasteiger partial charge is 0.0261 e. The Balaban J connectivity index is 1.67. The summed E-state index contributed by atoms with van der Waals surface area (Å²) in [6.45, 7) is 10.5. The van der Waals surface area contributed by atoms with Crippen molar-refractivity contribution in [3.05, 3.63) is 0 Å². The van der Waals surface area contributed by atoms with Gasteiger partial charge in [-0.05, 0) is 91.3 Å². The van der Waals surface area contributed by atoms with E-state index in [2.05, 4.69) is 27.7 Å². The molecule has 6 atom stereocenters. The van der Waals surface area contributed by atoms with E-state index in [-0.39, 0.29) is 0 Å². The Labute approximate surface area is 132 Å². The molecule has 0 aliphatic heterocycles. The molecule has 120 valence electrons.